The van der Waals surface area contributed by atoms with E-state index in [4.69, 9.17) is 4.74 Å². The van der Waals surface area contributed by atoms with Gasteiger partial charge in [-0.15, -0.1) is 0 Å². The fraction of sp³-hybridized carbons (Fsp3) is 0.182. The van der Waals surface area contributed by atoms with E-state index in [0.29, 0.717) is 11.4 Å². The van der Waals surface area contributed by atoms with Crippen molar-refractivity contribution >= 4 is 10.9 Å². The van der Waals surface area contributed by atoms with Crippen molar-refractivity contribution in [3.05, 3.63) is 86.2 Å². The number of methoxy groups -OCH3 is 1. The molecule has 8 heteroatoms. The van der Waals surface area contributed by atoms with Crippen LogP contribution in [0.5, 0.6) is 11.6 Å². The van der Waals surface area contributed by atoms with Gasteiger partial charge in [0.05, 0.1) is 25.0 Å². The monoisotopic (exact) mass is 405 g/mol. The first-order valence-electron chi connectivity index (χ1n) is 9.74. The molecule has 0 radical (unpaired) electrons. The van der Waals surface area contributed by atoms with Gasteiger partial charge in [-0.3, -0.25) is 9.78 Å². The maximum atomic E-state index is 12.8. The zero-order chi connectivity index (χ0) is 20.8. The van der Waals surface area contributed by atoms with E-state index in [0.717, 1.165) is 39.7 Å². The average molecular weight is 405 g/mol. The number of aromatic hydroxyl groups is 1. The van der Waals surface area contributed by atoms with Gasteiger partial charge in [0, 0.05) is 17.3 Å². The number of nitrogens with two attached hydrogens (primary N) is 1. The number of rotatable bonds is 3. The first kappa shape index (κ1) is 18.3. The molecule has 0 amide bonds. The Bertz CT molecular complexity index is 1380. The topological polar surface area (TPSA) is 117 Å². The number of ether oxygens (including phenoxy) is 1. The molecule has 0 unspecified atom stereocenters. The molecule has 30 heavy (non-hydrogen) atoms. The number of aromatic amines is 2. The van der Waals surface area contributed by atoms with Crippen LogP contribution >= 0.6 is 0 Å². The third kappa shape index (κ3) is 2.65. The number of nitrogens with zero attached hydrogens (tertiary/aromatic N) is 1. The van der Waals surface area contributed by atoms with Crippen LogP contribution in [0.15, 0.2) is 58.1 Å². The van der Waals surface area contributed by atoms with Gasteiger partial charge in [0.2, 0.25) is 5.88 Å². The van der Waals surface area contributed by atoms with Gasteiger partial charge in [0.25, 0.3) is 5.56 Å². The highest BCUT2D eigenvalue weighted by atomic mass is 16.5. The first-order chi connectivity index (χ1) is 14.6. The highest BCUT2D eigenvalue weighted by Crippen LogP contribution is 2.33. The lowest BCUT2D eigenvalue weighted by atomic mass is 9.95. The van der Waals surface area contributed by atoms with Gasteiger partial charge in [-0.25, -0.2) is 9.36 Å². The number of fused-ring (bicyclic) bond motifs is 3. The summed E-state index contributed by atoms with van der Waals surface area (Å²) in [6, 6.07) is 14.4. The standard InChI is InChI=1S/C22H20N4O4/c1-30-16-9-5-4-8-15(16)26-21(28)17(20(27)25-22(26)29)19-18-13(10-11-23-19)12-6-2-3-7-14(12)24-18/h2-9,19,23-24,28H,10-11H2,1H3,(H,25,27,29)/p+1/t19-/m0/s1. The Hall–Kier alpha value is -3.78. The third-order valence-electron chi connectivity index (χ3n) is 5.71. The van der Waals surface area contributed by atoms with Crippen molar-refractivity contribution in [1.82, 2.24) is 14.5 Å². The van der Waals surface area contributed by atoms with Crippen molar-refractivity contribution in [3.63, 3.8) is 0 Å². The molecule has 3 heterocycles. The van der Waals surface area contributed by atoms with Crippen LogP contribution in [-0.4, -0.2) is 33.3 Å². The molecule has 0 bridgehead atoms. The zero-order valence-corrected chi connectivity index (χ0v) is 16.3. The molecule has 2 aromatic heterocycles. The van der Waals surface area contributed by atoms with Gasteiger partial charge in [-0.1, -0.05) is 30.3 Å². The minimum absolute atomic E-state index is 0.132. The Morgan fingerprint density at radius 2 is 1.87 bits per heavy atom. The summed E-state index contributed by atoms with van der Waals surface area (Å²) >= 11 is 0. The van der Waals surface area contributed by atoms with Gasteiger partial charge < -0.3 is 20.1 Å². The molecule has 2 aromatic carbocycles. The van der Waals surface area contributed by atoms with E-state index >= 15 is 0 Å². The Morgan fingerprint density at radius 3 is 2.70 bits per heavy atom. The van der Waals surface area contributed by atoms with Crippen molar-refractivity contribution in [2.45, 2.75) is 12.5 Å². The predicted molar refractivity (Wildman–Crippen MR) is 112 cm³/mol. The van der Waals surface area contributed by atoms with E-state index in [1.807, 2.05) is 29.6 Å². The second-order valence-corrected chi connectivity index (χ2v) is 7.32. The van der Waals surface area contributed by atoms with Crippen molar-refractivity contribution in [1.29, 1.82) is 0 Å². The Kier molecular flexibility index (Phi) is 4.22. The van der Waals surface area contributed by atoms with E-state index in [2.05, 4.69) is 9.97 Å². The SMILES string of the molecule is COc1ccccc1-n1c(O)c([C@@H]2[NH2+]CCc3c2[nH]c2ccccc32)c(=O)[nH]c1=O. The van der Waals surface area contributed by atoms with Crippen molar-refractivity contribution in [3.8, 4) is 17.3 Å². The van der Waals surface area contributed by atoms with Gasteiger partial charge in [-0.2, -0.15) is 0 Å². The maximum absolute atomic E-state index is 12.8. The van der Waals surface area contributed by atoms with Crippen LogP contribution in [0.3, 0.4) is 0 Å². The molecule has 0 saturated carbocycles. The smallest absolute Gasteiger partial charge is 0.335 e. The van der Waals surface area contributed by atoms with Gasteiger partial charge in [0.1, 0.15) is 11.3 Å². The second kappa shape index (κ2) is 6.93. The summed E-state index contributed by atoms with van der Waals surface area (Å²) in [6.45, 7) is 0.756. The van der Waals surface area contributed by atoms with Crippen LogP contribution in [0.1, 0.15) is 22.9 Å². The van der Waals surface area contributed by atoms with Crippen LogP contribution < -0.4 is 21.3 Å². The number of hydrogen-bond donors (Lipinski definition) is 4. The predicted octanol–water partition coefficient (Wildman–Crippen LogP) is 0.930. The van der Waals surface area contributed by atoms with Crippen molar-refractivity contribution < 1.29 is 15.2 Å². The lowest BCUT2D eigenvalue weighted by molar-refractivity contribution is -0.690. The molecule has 5 rings (SSSR count). The average Bonchev–Trinajstić information content (AvgIpc) is 3.13. The lowest BCUT2D eigenvalue weighted by Crippen LogP contribution is -2.87. The molecule has 8 nitrogen and oxygen atoms in total. The number of para-hydroxylation sites is 3. The summed E-state index contributed by atoms with van der Waals surface area (Å²) in [5, 5.41) is 14.2. The number of nitrogens with one attached hydrogen (secondary N) is 2. The molecule has 0 fully saturated rings. The van der Waals surface area contributed by atoms with E-state index in [1.165, 1.54) is 7.11 Å². The molecule has 1 aliphatic heterocycles. The Labute approximate surface area is 170 Å². The Morgan fingerprint density at radius 1 is 1.10 bits per heavy atom. The van der Waals surface area contributed by atoms with E-state index in [-0.39, 0.29) is 11.4 Å². The molecule has 0 saturated heterocycles. The summed E-state index contributed by atoms with van der Waals surface area (Å²) in [5.41, 5.74) is 2.15. The summed E-state index contributed by atoms with van der Waals surface area (Å²) in [5.74, 6) is 0.0211. The summed E-state index contributed by atoms with van der Waals surface area (Å²) in [4.78, 5) is 31.2. The largest absolute Gasteiger partial charge is 0.495 e. The minimum atomic E-state index is -0.724. The fourth-order valence-corrected chi connectivity index (χ4v) is 4.39. The summed E-state index contributed by atoms with van der Waals surface area (Å²) < 4.78 is 6.43. The molecular formula is C22H21N4O4+. The highest BCUT2D eigenvalue weighted by Gasteiger charge is 2.34. The van der Waals surface area contributed by atoms with Crippen LogP contribution in [0.4, 0.5) is 0 Å². The van der Waals surface area contributed by atoms with Crippen molar-refractivity contribution in [2.24, 2.45) is 0 Å². The summed E-state index contributed by atoms with van der Waals surface area (Å²) in [6.07, 6.45) is 0.848. The number of hydrogen-bond acceptors (Lipinski definition) is 4. The Balaban J connectivity index is 1.76. The fourth-order valence-electron chi connectivity index (χ4n) is 4.39. The highest BCUT2D eigenvalue weighted by molar-refractivity contribution is 5.85. The minimum Gasteiger partial charge on any atom is -0.495 e. The van der Waals surface area contributed by atoms with Gasteiger partial charge in [-0.05, 0) is 23.8 Å². The normalized spacial score (nSPS) is 15.8. The number of quaternary nitrogens is 1. The van der Waals surface area contributed by atoms with E-state index in [9.17, 15) is 14.7 Å². The van der Waals surface area contributed by atoms with Crippen LogP contribution in [-0.2, 0) is 6.42 Å². The van der Waals surface area contributed by atoms with Crippen LogP contribution in [0.2, 0.25) is 0 Å². The van der Waals surface area contributed by atoms with Gasteiger partial charge >= 0.3 is 5.69 Å². The molecule has 1 atom stereocenters. The quantitative estimate of drug-likeness (QED) is 0.406. The van der Waals surface area contributed by atoms with Crippen LogP contribution in [0.25, 0.3) is 16.6 Å². The molecule has 0 spiro atoms. The first-order valence-corrected chi connectivity index (χ1v) is 9.74. The number of aromatic nitrogens is 3. The zero-order valence-electron chi connectivity index (χ0n) is 16.3. The number of H-pyrrole nitrogens is 2. The summed E-state index contributed by atoms with van der Waals surface area (Å²) in [7, 11) is 1.49. The van der Waals surface area contributed by atoms with E-state index < -0.39 is 17.3 Å². The van der Waals surface area contributed by atoms with Gasteiger partial charge in [0.15, 0.2) is 6.04 Å². The van der Waals surface area contributed by atoms with E-state index in [1.54, 1.807) is 24.3 Å². The third-order valence-corrected chi connectivity index (χ3v) is 5.71. The maximum Gasteiger partial charge on any atom is 0.335 e. The molecule has 4 aromatic rings. The number of benzene rings is 2. The second-order valence-electron chi connectivity index (χ2n) is 7.32. The molecule has 0 aliphatic carbocycles. The van der Waals surface area contributed by atoms with Crippen molar-refractivity contribution in [2.75, 3.05) is 13.7 Å². The molecule has 1 aliphatic rings. The molecule has 5 N–H and O–H groups in total. The lowest BCUT2D eigenvalue weighted by Gasteiger charge is -2.22. The molecular weight excluding hydrogens is 384 g/mol. The van der Waals surface area contributed by atoms with Crippen LogP contribution in [0, 0.1) is 0 Å². The molecule has 152 valence electrons.